The maximum Gasteiger partial charge on any atom is 0.573 e. The van der Waals surface area contributed by atoms with Gasteiger partial charge in [-0.15, -0.1) is 13.2 Å². The van der Waals surface area contributed by atoms with Crippen molar-refractivity contribution in [3.63, 3.8) is 0 Å². The largest absolute Gasteiger partial charge is 0.573 e. The number of amides is 1. The summed E-state index contributed by atoms with van der Waals surface area (Å²) in [4.78, 5) is 19.8. The highest BCUT2D eigenvalue weighted by Gasteiger charge is 2.37. The number of benzene rings is 3. The summed E-state index contributed by atoms with van der Waals surface area (Å²) in [5, 5.41) is 17.1. The van der Waals surface area contributed by atoms with Crippen molar-refractivity contribution >= 4 is 28.9 Å². The summed E-state index contributed by atoms with van der Waals surface area (Å²) < 4.78 is 61.7. The van der Waals surface area contributed by atoms with Crippen LogP contribution < -0.4 is 29.2 Å². The molecule has 3 aromatic carbocycles. The lowest BCUT2D eigenvalue weighted by molar-refractivity contribution is -0.275. The average Bonchev–Trinajstić information content (AvgIpc) is 3.68. The van der Waals surface area contributed by atoms with Gasteiger partial charge in [0.05, 0.1) is 32.2 Å². The van der Waals surface area contributed by atoms with Crippen molar-refractivity contribution in [2.24, 2.45) is 0 Å². The summed E-state index contributed by atoms with van der Waals surface area (Å²) in [6.45, 7) is -0.194. The predicted molar refractivity (Wildman–Crippen MR) is 154 cm³/mol. The van der Waals surface area contributed by atoms with Crippen molar-refractivity contribution in [1.29, 1.82) is 0 Å². The Balaban J connectivity index is 1.59. The van der Waals surface area contributed by atoms with Crippen LogP contribution in [0.1, 0.15) is 17.2 Å². The minimum absolute atomic E-state index is 0.0751. The van der Waals surface area contributed by atoms with E-state index in [2.05, 4.69) is 20.1 Å². The third-order valence-corrected chi connectivity index (χ3v) is 6.99. The van der Waals surface area contributed by atoms with Gasteiger partial charge in [-0.3, -0.25) is 4.79 Å². The van der Waals surface area contributed by atoms with Gasteiger partial charge in [-0.05, 0) is 36.2 Å². The number of nitrogens with zero attached hydrogens (tertiary/aromatic N) is 4. The molecule has 2 heterocycles. The number of hydrogen-bond acceptors (Lipinski definition) is 9. The maximum atomic E-state index is 14.4. The second-order valence-electron chi connectivity index (χ2n) is 9.51. The first-order valence-electron chi connectivity index (χ1n) is 13.2. The summed E-state index contributed by atoms with van der Waals surface area (Å²) in [6, 6.07) is 11.2. The number of ether oxygens (including phenoxy) is 4. The summed E-state index contributed by atoms with van der Waals surface area (Å²) in [5.74, 6) is -0.515. The second kappa shape index (κ2) is 12.9. The van der Waals surface area contributed by atoms with Crippen molar-refractivity contribution < 1.29 is 42.0 Å². The molecule has 0 aliphatic carbocycles. The van der Waals surface area contributed by atoms with Crippen LogP contribution in [-0.2, 0) is 11.2 Å². The smallest absolute Gasteiger partial charge is 0.497 e. The highest BCUT2D eigenvalue weighted by molar-refractivity contribution is 6.30. The number of methoxy groups -OCH3 is 2. The molecular weight excluding hydrogens is 607 g/mol. The molecule has 15 heteroatoms. The van der Waals surface area contributed by atoms with Crippen LogP contribution in [0.2, 0.25) is 5.02 Å². The molecule has 44 heavy (non-hydrogen) atoms. The first-order chi connectivity index (χ1) is 21.1. The fourth-order valence-corrected chi connectivity index (χ4v) is 5.03. The van der Waals surface area contributed by atoms with E-state index < -0.39 is 24.1 Å². The van der Waals surface area contributed by atoms with E-state index in [0.717, 1.165) is 6.07 Å². The molecule has 1 aliphatic heterocycles. The topological polar surface area (TPSA) is 120 Å². The third kappa shape index (κ3) is 6.76. The number of hydrogen-bond donors (Lipinski definition) is 2. The van der Waals surface area contributed by atoms with Gasteiger partial charge in [0.15, 0.2) is 11.5 Å². The minimum Gasteiger partial charge on any atom is -0.497 e. The van der Waals surface area contributed by atoms with E-state index >= 15 is 0 Å². The molecule has 2 N–H and O–H groups in total. The first kappa shape index (κ1) is 30.8. The first-order valence-corrected chi connectivity index (χ1v) is 13.6. The van der Waals surface area contributed by atoms with E-state index in [9.17, 15) is 23.1 Å². The van der Waals surface area contributed by atoms with Crippen molar-refractivity contribution in [2.45, 2.75) is 18.8 Å². The lowest BCUT2D eigenvalue weighted by atomic mass is 10.0. The Morgan fingerprint density at radius 1 is 1.09 bits per heavy atom. The Bertz CT molecular complexity index is 1640. The third-order valence-electron chi connectivity index (χ3n) is 6.76. The molecule has 0 saturated heterocycles. The Morgan fingerprint density at radius 2 is 1.91 bits per heavy atom. The van der Waals surface area contributed by atoms with Crippen molar-refractivity contribution in [1.82, 2.24) is 14.8 Å². The summed E-state index contributed by atoms with van der Waals surface area (Å²) in [6.07, 6.45) is -1.75. The quantitative estimate of drug-likeness (QED) is 0.236. The van der Waals surface area contributed by atoms with Gasteiger partial charge < -0.3 is 34.3 Å². The predicted octanol–water partition coefficient (Wildman–Crippen LogP) is 4.95. The zero-order valence-electron chi connectivity index (χ0n) is 23.5. The molecule has 0 saturated carbocycles. The molecule has 0 spiro atoms. The van der Waals surface area contributed by atoms with E-state index in [0.29, 0.717) is 39.7 Å². The Kier molecular flexibility index (Phi) is 9.01. The van der Waals surface area contributed by atoms with E-state index in [1.165, 1.54) is 48.6 Å². The summed E-state index contributed by atoms with van der Waals surface area (Å²) >= 11 is 6.24. The number of halogens is 4. The highest BCUT2D eigenvalue weighted by Crippen LogP contribution is 2.43. The normalized spacial score (nSPS) is 13.3. The fraction of sp³-hybridized carbons (Fsp3) is 0.276. The zero-order chi connectivity index (χ0) is 31.4. The molecule has 0 bridgehead atoms. The lowest BCUT2D eigenvalue weighted by Crippen LogP contribution is -2.37. The number of carbonyl (C=O) groups excluding carboxylic acids is 1. The summed E-state index contributed by atoms with van der Waals surface area (Å²) in [7, 11) is 2.72. The number of aliphatic hydroxyl groups excluding tert-OH is 1. The van der Waals surface area contributed by atoms with Gasteiger partial charge in [-0.1, -0.05) is 17.7 Å². The van der Waals surface area contributed by atoms with Crippen LogP contribution in [0.3, 0.4) is 0 Å². The van der Waals surface area contributed by atoms with E-state index in [1.54, 1.807) is 30.3 Å². The number of aliphatic hydroxyl groups is 1. The molecular formula is C29H27ClF3N5O6. The van der Waals surface area contributed by atoms with Gasteiger partial charge in [0, 0.05) is 41.0 Å². The van der Waals surface area contributed by atoms with E-state index in [1.807, 2.05) is 0 Å². The number of anilines is 2. The highest BCUT2D eigenvalue weighted by atomic mass is 35.5. The monoisotopic (exact) mass is 633 g/mol. The molecule has 1 atom stereocenters. The average molecular weight is 634 g/mol. The molecule has 0 radical (unpaired) electrons. The minimum atomic E-state index is -4.98. The fourth-order valence-electron chi connectivity index (χ4n) is 4.87. The van der Waals surface area contributed by atoms with Gasteiger partial charge in [-0.25, -0.2) is 9.67 Å². The number of fused-ring (bicyclic) bond motifs is 1. The van der Waals surface area contributed by atoms with Crippen LogP contribution in [0.25, 0.3) is 5.69 Å². The van der Waals surface area contributed by atoms with Crippen LogP contribution in [0.15, 0.2) is 61.2 Å². The zero-order valence-corrected chi connectivity index (χ0v) is 24.2. The van der Waals surface area contributed by atoms with Crippen LogP contribution in [0.4, 0.5) is 24.5 Å². The standard InChI is InChI=1S/C29H27ClF3N5O6/c1-41-21-12-19(11-20(13-21)38-16-34-15-35-38)36-27(22-4-3-18(30)10-24(22)43-8-7-39)28(40)37-6-5-17-9-25(42-2)26(14-23(17)37)44-29(31,32)33/h3-4,9-16,27,36,39H,5-8H2,1-2H3. The van der Waals surface area contributed by atoms with E-state index in [4.69, 9.17) is 25.8 Å². The van der Waals surface area contributed by atoms with Crippen molar-refractivity contribution in [3.8, 4) is 28.7 Å². The van der Waals surface area contributed by atoms with Crippen LogP contribution >= 0.6 is 11.6 Å². The van der Waals surface area contributed by atoms with Gasteiger partial charge in [0.1, 0.15) is 36.8 Å². The molecule has 11 nitrogen and oxygen atoms in total. The SMILES string of the molecule is COc1cc(NC(C(=O)N2CCc3cc(OC)c(OC(F)(F)F)cc32)c2ccc(Cl)cc2OCCO)cc(-n2cncn2)c1. The second-order valence-corrected chi connectivity index (χ2v) is 9.95. The molecule has 5 rings (SSSR count). The van der Waals surface area contributed by atoms with Crippen molar-refractivity contribution in [3.05, 3.63) is 77.3 Å². The lowest BCUT2D eigenvalue weighted by Gasteiger charge is -2.28. The van der Waals surface area contributed by atoms with Gasteiger partial charge in [-0.2, -0.15) is 5.10 Å². The van der Waals surface area contributed by atoms with Crippen LogP contribution in [0.5, 0.6) is 23.0 Å². The Labute approximate surface area is 254 Å². The molecule has 1 amide bonds. The van der Waals surface area contributed by atoms with Gasteiger partial charge in [0.2, 0.25) is 0 Å². The molecule has 0 fully saturated rings. The number of aromatic nitrogens is 3. The summed E-state index contributed by atoms with van der Waals surface area (Å²) in [5.41, 5.74) is 2.24. The number of carbonyl (C=O) groups is 1. The number of alkyl halides is 3. The molecule has 1 aliphatic rings. The van der Waals surface area contributed by atoms with E-state index in [-0.39, 0.29) is 36.9 Å². The Morgan fingerprint density at radius 3 is 2.59 bits per heavy atom. The Hall–Kier alpha value is -4.69. The van der Waals surface area contributed by atoms with Gasteiger partial charge in [0.25, 0.3) is 5.91 Å². The molecule has 1 aromatic heterocycles. The van der Waals surface area contributed by atoms with Crippen molar-refractivity contribution in [2.75, 3.05) is 44.2 Å². The molecule has 1 unspecified atom stereocenters. The van der Waals surface area contributed by atoms with Gasteiger partial charge >= 0.3 is 6.36 Å². The molecule has 4 aromatic rings. The number of rotatable bonds is 11. The van der Waals surface area contributed by atoms with Crippen LogP contribution in [-0.4, -0.2) is 66.1 Å². The molecule has 232 valence electrons. The number of nitrogens with one attached hydrogen (secondary N) is 1. The maximum absolute atomic E-state index is 14.4. The van der Waals surface area contributed by atoms with Crippen LogP contribution in [0, 0.1) is 0 Å².